The Labute approximate surface area is 184 Å². The number of halogens is 6. The number of alkyl halides is 6. The molecule has 0 bridgehead atoms. The Morgan fingerprint density at radius 3 is 2.64 bits per heavy atom. The predicted molar refractivity (Wildman–Crippen MR) is 103 cm³/mol. The summed E-state index contributed by atoms with van der Waals surface area (Å²) in [6, 6.07) is 7.10. The molecule has 2 heterocycles. The van der Waals surface area contributed by atoms with Crippen molar-refractivity contribution in [2.45, 2.75) is 18.6 Å². The summed E-state index contributed by atoms with van der Waals surface area (Å²) in [6.07, 6.45) is -6.63. The van der Waals surface area contributed by atoms with E-state index in [-0.39, 0.29) is 32.2 Å². The molecule has 2 aromatic rings. The van der Waals surface area contributed by atoms with Gasteiger partial charge in [0.05, 0.1) is 18.7 Å². The van der Waals surface area contributed by atoms with Crippen molar-refractivity contribution in [3.63, 3.8) is 0 Å². The van der Waals surface area contributed by atoms with E-state index in [9.17, 15) is 31.1 Å². The number of amides is 1. The van der Waals surface area contributed by atoms with E-state index >= 15 is 0 Å². The van der Waals surface area contributed by atoms with Gasteiger partial charge in [0, 0.05) is 24.9 Å². The number of hydrogen-bond donors (Lipinski definition) is 0. The molecule has 0 radical (unpaired) electrons. The molecule has 1 saturated heterocycles. The maximum absolute atomic E-state index is 12.6. The van der Waals surface area contributed by atoms with E-state index in [0.717, 1.165) is 24.3 Å². The quantitative estimate of drug-likeness (QED) is 0.459. The molecule has 1 aliphatic rings. The number of ether oxygens (including phenoxy) is 3. The fourth-order valence-electron chi connectivity index (χ4n) is 2.92. The Hall–Kier alpha value is -3.28. The summed E-state index contributed by atoms with van der Waals surface area (Å²) in [5.74, 6) is -0.813. The van der Waals surface area contributed by atoms with E-state index in [1.54, 1.807) is 0 Å². The van der Waals surface area contributed by atoms with E-state index in [1.807, 2.05) is 0 Å². The van der Waals surface area contributed by atoms with E-state index < -0.39 is 35.9 Å². The summed E-state index contributed by atoms with van der Waals surface area (Å²) in [6.45, 7) is 0.613. The zero-order chi connectivity index (χ0) is 24.1. The van der Waals surface area contributed by atoms with Gasteiger partial charge in [-0.2, -0.15) is 13.2 Å². The second-order valence-corrected chi connectivity index (χ2v) is 6.92. The number of carbonyl (C=O) groups excluding carboxylic acids is 1. The van der Waals surface area contributed by atoms with Gasteiger partial charge in [-0.15, -0.1) is 13.2 Å². The first-order valence-electron chi connectivity index (χ1n) is 9.60. The molecule has 0 aliphatic carbocycles. The highest BCUT2D eigenvalue weighted by atomic mass is 19.4. The van der Waals surface area contributed by atoms with E-state index in [0.29, 0.717) is 11.8 Å². The first-order valence-corrected chi connectivity index (χ1v) is 9.60. The molecular weight excluding hydrogens is 458 g/mol. The highest BCUT2D eigenvalue weighted by Crippen LogP contribution is 2.29. The lowest BCUT2D eigenvalue weighted by molar-refractivity contribution is -0.274. The molecule has 178 valence electrons. The summed E-state index contributed by atoms with van der Waals surface area (Å²) in [5, 5.41) is 0. The molecule has 0 spiro atoms. The summed E-state index contributed by atoms with van der Waals surface area (Å²) >= 11 is 0. The summed E-state index contributed by atoms with van der Waals surface area (Å²) < 4.78 is 89.4. The van der Waals surface area contributed by atoms with Gasteiger partial charge in [0.2, 0.25) is 11.8 Å². The van der Waals surface area contributed by atoms with E-state index in [4.69, 9.17) is 9.47 Å². The predicted octanol–water partition coefficient (Wildman–Crippen LogP) is 4.32. The first-order chi connectivity index (χ1) is 15.5. The molecule has 33 heavy (non-hydrogen) atoms. The van der Waals surface area contributed by atoms with Crippen molar-refractivity contribution in [3.05, 3.63) is 59.8 Å². The summed E-state index contributed by atoms with van der Waals surface area (Å²) in [4.78, 5) is 17.5. The minimum Gasteiger partial charge on any atom is -0.475 e. The number of benzene rings is 1. The topological polar surface area (TPSA) is 60.9 Å². The van der Waals surface area contributed by atoms with Crippen molar-refractivity contribution in [2.24, 2.45) is 0 Å². The molecule has 1 aromatic heterocycles. The SMILES string of the molecule is O=C(/C=C/c1cccc(OC(F)(F)F)c1)N1CCOC(COc2ccc(C(F)(F)F)cn2)C1. The minimum atomic E-state index is -4.82. The normalized spacial score (nSPS) is 17.3. The van der Waals surface area contributed by atoms with E-state index in [1.165, 1.54) is 29.2 Å². The Balaban J connectivity index is 1.52. The van der Waals surface area contributed by atoms with Crippen LogP contribution in [0, 0.1) is 0 Å². The fraction of sp³-hybridized carbons (Fsp3) is 0.333. The third-order valence-electron chi connectivity index (χ3n) is 4.44. The zero-order valence-electron chi connectivity index (χ0n) is 16.9. The second-order valence-electron chi connectivity index (χ2n) is 6.92. The van der Waals surface area contributed by atoms with Crippen LogP contribution in [0.5, 0.6) is 11.6 Å². The number of nitrogens with zero attached hydrogens (tertiary/aromatic N) is 2. The van der Waals surface area contributed by atoms with Crippen LogP contribution in [0.1, 0.15) is 11.1 Å². The number of aromatic nitrogens is 1. The standard InChI is InChI=1S/C21H18F6N2O4/c22-20(23,24)15-5-6-18(28-11-15)32-13-17-12-29(8-9-31-17)19(30)7-4-14-2-1-3-16(10-14)33-21(25,26)27/h1-7,10-11,17H,8-9,12-13H2/b7-4+. The smallest absolute Gasteiger partial charge is 0.475 e. The van der Waals surface area contributed by atoms with Crippen LogP contribution >= 0.6 is 0 Å². The van der Waals surface area contributed by atoms with Crippen molar-refractivity contribution in [2.75, 3.05) is 26.3 Å². The molecule has 1 aliphatic heterocycles. The molecule has 3 rings (SSSR count). The van der Waals surface area contributed by atoms with Gasteiger partial charge in [-0.1, -0.05) is 12.1 Å². The molecule has 6 nitrogen and oxygen atoms in total. The Kier molecular flexibility index (Phi) is 7.46. The monoisotopic (exact) mass is 476 g/mol. The molecule has 1 atom stereocenters. The molecule has 12 heteroatoms. The van der Waals surface area contributed by atoms with Gasteiger partial charge in [0.15, 0.2) is 0 Å². The average molecular weight is 476 g/mol. The van der Waals surface area contributed by atoms with Crippen LogP contribution < -0.4 is 9.47 Å². The molecule has 1 unspecified atom stereocenters. The Morgan fingerprint density at radius 2 is 1.97 bits per heavy atom. The van der Waals surface area contributed by atoms with Gasteiger partial charge < -0.3 is 19.1 Å². The number of morpholine rings is 1. The maximum Gasteiger partial charge on any atom is 0.573 e. The van der Waals surface area contributed by atoms with Crippen molar-refractivity contribution in [1.82, 2.24) is 9.88 Å². The van der Waals surface area contributed by atoms with Gasteiger partial charge in [-0.25, -0.2) is 4.98 Å². The highest BCUT2D eigenvalue weighted by molar-refractivity contribution is 5.91. The lowest BCUT2D eigenvalue weighted by atomic mass is 10.2. The summed E-state index contributed by atoms with van der Waals surface area (Å²) in [7, 11) is 0. The van der Waals surface area contributed by atoms with Gasteiger partial charge in [-0.05, 0) is 29.8 Å². The molecular formula is C21H18F6N2O4. The largest absolute Gasteiger partial charge is 0.573 e. The molecule has 1 fully saturated rings. The number of pyridine rings is 1. The van der Waals surface area contributed by atoms with Crippen LogP contribution in [-0.4, -0.2) is 54.6 Å². The van der Waals surface area contributed by atoms with Crippen molar-refractivity contribution in [3.8, 4) is 11.6 Å². The highest BCUT2D eigenvalue weighted by Gasteiger charge is 2.31. The van der Waals surface area contributed by atoms with Crippen LogP contribution in [0.2, 0.25) is 0 Å². The molecule has 0 N–H and O–H groups in total. The number of rotatable bonds is 6. The molecule has 1 amide bonds. The number of carbonyl (C=O) groups is 1. The molecule has 0 saturated carbocycles. The lowest BCUT2D eigenvalue weighted by Crippen LogP contribution is -2.47. The van der Waals surface area contributed by atoms with Gasteiger partial charge >= 0.3 is 12.5 Å². The van der Waals surface area contributed by atoms with Crippen LogP contribution in [-0.2, 0) is 15.7 Å². The van der Waals surface area contributed by atoms with Crippen molar-refractivity contribution in [1.29, 1.82) is 0 Å². The average Bonchev–Trinajstić information content (AvgIpc) is 2.75. The first kappa shape index (κ1) is 24.4. The zero-order valence-corrected chi connectivity index (χ0v) is 16.9. The van der Waals surface area contributed by atoms with Crippen molar-refractivity contribution < 1.29 is 45.3 Å². The van der Waals surface area contributed by atoms with Gasteiger partial charge in [-0.3, -0.25) is 4.79 Å². The fourth-order valence-corrected chi connectivity index (χ4v) is 2.92. The minimum absolute atomic E-state index is 0.0177. The van der Waals surface area contributed by atoms with Gasteiger partial charge in [0.1, 0.15) is 18.5 Å². The van der Waals surface area contributed by atoms with Crippen molar-refractivity contribution >= 4 is 12.0 Å². The van der Waals surface area contributed by atoms with E-state index in [2.05, 4.69) is 9.72 Å². The van der Waals surface area contributed by atoms with Crippen LogP contribution in [0.15, 0.2) is 48.7 Å². The van der Waals surface area contributed by atoms with Gasteiger partial charge in [0.25, 0.3) is 0 Å². The lowest BCUT2D eigenvalue weighted by Gasteiger charge is -2.32. The van der Waals surface area contributed by atoms with Crippen LogP contribution in [0.3, 0.4) is 0 Å². The Morgan fingerprint density at radius 1 is 1.18 bits per heavy atom. The third kappa shape index (κ3) is 7.67. The van der Waals surface area contributed by atoms with Crippen LogP contribution in [0.25, 0.3) is 6.08 Å². The molecule has 1 aromatic carbocycles. The third-order valence-corrected chi connectivity index (χ3v) is 4.44. The van der Waals surface area contributed by atoms with Crippen LogP contribution in [0.4, 0.5) is 26.3 Å². The second kappa shape index (κ2) is 10.1. The summed E-state index contributed by atoms with van der Waals surface area (Å²) in [5.41, 5.74) is -0.561. The maximum atomic E-state index is 12.6. The Bertz CT molecular complexity index is 976. The number of hydrogen-bond acceptors (Lipinski definition) is 5.